The van der Waals surface area contributed by atoms with Crippen LogP contribution in [0.5, 0.6) is 0 Å². The van der Waals surface area contributed by atoms with E-state index in [2.05, 4.69) is 18.9 Å². The monoisotopic (exact) mass is 338 g/mol. The van der Waals surface area contributed by atoms with Gasteiger partial charge < -0.3 is 18.9 Å². The summed E-state index contributed by atoms with van der Waals surface area (Å²) in [5.41, 5.74) is 0.658. The first kappa shape index (κ1) is 20.8. The van der Waals surface area contributed by atoms with Crippen molar-refractivity contribution < 1.29 is 38.1 Å². The third-order valence-corrected chi connectivity index (χ3v) is 2.46. The lowest BCUT2D eigenvalue weighted by molar-refractivity contribution is -0.137. The van der Waals surface area contributed by atoms with E-state index >= 15 is 0 Å². The molecule has 130 valence electrons. The maximum absolute atomic E-state index is 11.1. The Morgan fingerprint density at radius 2 is 1.08 bits per heavy atom. The van der Waals surface area contributed by atoms with Gasteiger partial charge in [0.1, 0.15) is 0 Å². The highest BCUT2D eigenvalue weighted by molar-refractivity contribution is 5.95. The molecule has 8 nitrogen and oxygen atoms in total. The number of methoxy groups -OCH3 is 4. The highest BCUT2D eigenvalue weighted by atomic mass is 16.5. The van der Waals surface area contributed by atoms with Gasteiger partial charge in [0.15, 0.2) is 0 Å². The van der Waals surface area contributed by atoms with Crippen molar-refractivity contribution in [3.05, 3.63) is 47.5 Å². The minimum atomic E-state index is -0.578. The van der Waals surface area contributed by atoms with Crippen molar-refractivity contribution >= 4 is 23.9 Å². The fourth-order valence-corrected chi connectivity index (χ4v) is 1.28. The van der Waals surface area contributed by atoms with Crippen LogP contribution in [0.15, 0.2) is 36.4 Å². The molecule has 0 unspecified atom stereocenters. The van der Waals surface area contributed by atoms with Crippen molar-refractivity contribution in [2.24, 2.45) is 0 Å². The van der Waals surface area contributed by atoms with Crippen LogP contribution in [0.4, 0.5) is 0 Å². The molecule has 8 heteroatoms. The minimum Gasteiger partial charge on any atom is -0.466 e. The number of rotatable bonds is 4. The first-order valence-electron chi connectivity index (χ1n) is 6.50. The van der Waals surface area contributed by atoms with Crippen LogP contribution in [0.25, 0.3) is 0 Å². The molecule has 0 aromatic heterocycles. The zero-order chi connectivity index (χ0) is 18.5. The van der Waals surface area contributed by atoms with Gasteiger partial charge in [-0.2, -0.15) is 0 Å². The Labute approximate surface area is 138 Å². The zero-order valence-electron chi connectivity index (χ0n) is 13.7. The van der Waals surface area contributed by atoms with Gasteiger partial charge in [0.05, 0.1) is 39.6 Å². The summed E-state index contributed by atoms with van der Waals surface area (Å²) in [6.45, 7) is 0. The predicted octanol–water partition coefficient (Wildman–Crippen LogP) is 1.15. The van der Waals surface area contributed by atoms with Crippen molar-refractivity contribution in [3.8, 4) is 0 Å². The molecule has 0 aliphatic heterocycles. The largest absolute Gasteiger partial charge is 0.466 e. The van der Waals surface area contributed by atoms with E-state index in [1.165, 1.54) is 34.5 Å². The molecule has 0 aliphatic carbocycles. The Balaban J connectivity index is 0.000000470. The summed E-state index contributed by atoms with van der Waals surface area (Å²) in [7, 11) is 5.02. The third-order valence-electron chi connectivity index (χ3n) is 2.46. The van der Waals surface area contributed by atoms with Gasteiger partial charge >= 0.3 is 23.9 Å². The molecule has 0 saturated heterocycles. The van der Waals surface area contributed by atoms with Gasteiger partial charge in [0.2, 0.25) is 0 Å². The summed E-state index contributed by atoms with van der Waals surface area (Å²) in [6.07, 6.45) is 1.98. The van der Waals surface area contributed by atoms with Crippen LogP contribution in [0.1, 0.15) is 20.7 Å². The molecule has 0 atom stereocenters. The topological polar surface area (TPSA) is 105 Å². The smallest absolute Gasteiger partial charge is 0.337 e. The van der Waals surface area contributed by atoms with Crippen molar-refractivity contribution in [1.82, 2.24) is 0 Å². The van der Waals surface area contributed by atoms with Gasteiger partial charge in [-0.1, -0.05) is 6.07 Å². The van der Waals surface area contributed by atoms with Crippen molar-refractivity contribution in [1.29, 1.82) is 0 Å². The standard InChI is InChI=1S/C10H10O4.C6H8O4/c1-13-9(11)7-4-3-5-8(6-7)10(12)14-2;1-9-5(7)3-4-6(8)10-2/h3-6H,1-2H3;3-4H,1-2H3/b;4-3-. The number of carbonyl (C=O) groups excluding carboxylic acids is 4. The van der Waals surface area contributed by atoms with Gasteiger partial charge in [-0.15, -0.1) is 0 Å². The SMILES string of the molecule is COC(=O)/C=C\C(=O)OC.COC(=O)c1cccc(C(=O)OC)c1. The fraction of sp³-hybridized carbons (Fsp3) is 0.250. The molecule has 24 heavy (non-hydrogen) atoms. The molecular formula is C16H18O8. The lowest BCUT2D eigenvalue weighted by Gasteiger charge is -2.01. The molecule has 0 fully saturated rings. The van der Waals surface area contributed by atoms with Gasteiger partial charge in [0.25, 0.3) is 0 Å². The average Bonchev–Trinajstić information content (AvgIpc) is 2.64. The van der Waals surface area contributed by atoms with Gasteiger partial charge in [0, 0.05) is 12.2 Å². The number of carbonyl (C=O) groups is 4. The summed E-state index contributed by atoms with van der Waals surface area (Å²) in [4.78, 5) is 42.8. The van der Waals surface area contributed by atoms with Crippen LogP contribution < -0.4 is 0 Å². The molecule has 0 saturated carbocycles. The Bertz CT molecular complexity index is 569. The highest BCUT2D eigenvalue weighted by Crippen LogP contribution is 2.07. The first-order chi connectivity index (χ1) is 11.4. The average molecular weight is 338 g/mol. The van der Waals surface area contributed by atoms with E-state index in [1.54, 1.807) is 18.2 Å². The van der Waals surface area contributed by atoms with Gasteiger partial charge in [-0.25, -0.2) is 19.2 Å². The molecule has 0 radical (unpaired) electrons. The number of esters is 4. The second-order valence-electron chi connectivity index (χ2n) is 3.94. The molecule has 1 aromatic carbocycles. The molecule has 1 rings (SSSR count). The second kappa shape index (κ2) is 11.4. The number of hydrogen-bond acceptors (Lipinski definition) is 8. The number of benzene rings is 1. The zero-order valence-corrected chi connectivity index (χ0v) is 13.7. The van der Waals surface area contributed by atoms with Crippen molar-refractivity contribution in [2.45, 2.75) is 0 Å². The first-order valence-corrected chi connectivity index (χ1v) is 6.50. The van der Waals surface area contributed by atoms with E-state index in [0.29, 0.717) is 11.1 Å². The molecule has 0 amide bonds. The predicted molar refractivity (Wildman–Crippen MR) is 82.3 cm³/mol. The van der Waals surface area contributed by atoms with Crippen LogP contribution in [0.3, 0.4) is 0 Å². The third kappa shape index (κ3) is 7.74. The van der Waals surface area contributed by atoms with Crippen LogP contribution >= 0.6 is 0 Å². The van der Waals surface area contributed by atoms with E-state index in [9.17, 15) is 19.2 Å². The maximum Gasteiger partial charge on any atom is 0.337 e. The van der Waals surface area contributed by atoms with Gasteiger partial charge in [-0.05, 0) is 18.2 Å². The Hall–Kier alpha value is -3.16. The van der Waals surface area contributed by atoms with E-state index < -0.39 is 23.9 Å². The van der Waals surface area contributed by atoms with E-state index in [0.717, 1.165) is 12.2 Å². The van der Waals surface area contributed by atoms with Crippen LogP contribution in [0, 0.1) is 0 Å². The Morgan fingerprint density at radius 1 is 0.708 bits per heavy atom. The number of hydrogen-bond donors (Lipinski definition) is 0. The normalized spacial score (nSPS) is 9.33. The Kier molecular flexibility index (Phi) is 9.91. The summed E-state index contributed by atoms with van der Waals surface area (Å²) in [5.74, 6) is -2.11. The summed E-state index contributed by atoms with van der Waals surface area (Å²) in [6, 6.07) is 6.16. The maximum atomic E-state index is 11.1. The molecule has 0 N–H and O–H groups in total. The van der Waals surface area contributed by atoms with Crippen molar-refractivity contribution in [3.63, 3.8) is 0 Å². The van der Waals surface area contributed by atoms with Crippen LogP contribution in [0.2, 0.25) is 0 Å². The van der Waals surface area contributed by atoms with Gasteiger partial charge in [-0.3, -0.25) is 0 Å². The highest BCUT2D eigenvalue weighted by Gasteiger charge is 2.09. The van der Waals surface area contributed by atoms with E-state index in [-0.39, 0.29) is 0 Å². The molecule has 0 heterocycles. The lowest BCUT2D eigenvalue weighted by Crippen LogP contribution is -2.05. The van der Waals surface area contributed by atoms with Crippen LogP contribution in [-0.4, -0.2) is 52.3 Å². The lowest BCUT2D eigenvalue weighted by atomic mass is 10.1. The summed E-state index contributed by atoms with van der Waals surface area (Å²) >= 11 is 0. The molecule has 1 aromatic rings. The fourth-order valence-electron chi connectivity index (χ4n) is 1.28. The molecule has 0 aliphatic rings. The summed E-state index contributed by atoms with van der Waals surface area (Å²) in [5, 5.41) is 0. The van der Waals surface area contributed by atoms with E-state index in [4.69, 9.17) is 0 Å². The second-order valence-corrected chi connectivity index (χ2v) is 3.94. The Morgan fingerprint density at radius 3 is 1.38 bits per heavy atom. The molecular weight excluding hydrogens is 320 g/mol. The van der Waals surface area contributed by atoms with Crippen molar-refractivity contribution in [2.75, 3.05) is 28.4 Å². The van der Waals surface area contributed by atoms with E-state index in [1.807, 2.05) is 0 Å². The quantitative estimate of drug-likeness (QED) is 0.457. The molecule has 0 spiro atoms. The summed E-state index contributed by atoms with van der Waals surface area (Å²) < 4.78 is 17.5. The number of ether oxygens (including phenoxy) is 4. The molecule has 0 bridgehead atoms. The van der Waals surface area contributed by atoms with Crippen LogP contribution in [-0.2, 0) is 28.5 Å². The minimum absolute atomic E-state index is 0.329.